The first-order valence-corrected chi connectivity index (χ1v) is 5.91. The zero-order valence-electron chi connectivity index (χ0n) is 10.1. The van der Waals surface area contributed by atoms with Gasteiger partial charge in [0.1, 0.15) is 0 Å². The number of carbonyl (C=O) groups is 1. The van der Waals surface area contributed by atoms with E-state index in [9.17, 15) is 4.79 Å². The maximum atomic E-state index is 11.0. The van der Waals surface area contributed by atoms with Gasteiger partial charge in [-0.1, -0.05) is 36.4 Å². The van der Waals surface area contributed by atoms with Crippen molar-refractivity contribution >= 4 is 12.1 Å². The van der Waals surface area contributed by atoms with Crippen molar-refractivity contribution in [3.05, 3.63) is 55.1 Å². The number of hydrogen-bond acceptors (Lipinski definition) is 1. The van der Waals surface area contributed by atoms with Gasteiger partial charge in [-0.3, -0.25) is 4.79 Å². The molecule has 2 nitrogen and oxygen atoms in total. The van der Waals surface area contributed by atoms with Crippen molar-refractivity contribution in [2.45, 2.75) is 19.3 Å². The van der Waals surface area contributed by atoms with Crippen LogP contribution in [0.3, 0.4) is 0 Å². The number of benzene rings is 1. The maximum absolute atomic E-state index is 11.0. The van der Waals surface area contributed by atoms with E-state index >= 15 is 0 Å². The van der Waals surface area contributed by atoms with Crippen LogP contribution in [0.15, 0.2) is 55.1 Å². The van der Waals surface area contributed by atoms with Gasteiger partial charge in [-0.05, 0) is 31.4 Å². The molecular formula is C15H19NO. The van der Waals surface area contributed by atoms with Gasteiger partial charge in [-0.15, -0.1) is 6.58 Å². The zero-order chi connectivity index (χ0) is 12.3. The molecule has 1 rings (SSSR count). The van der Waals surface area contributed by atoms with Gasteiger partial charge >= 0.3 is 0 Å². The standard InChI is InChI=1S/C15H19NO/c1-2-3-4-5-6-10-13-16(14-17)15-11-8-7-9-12-15/h2,6-12,14H,1,3-5,13H2. The summed E-state index contributed by atoms with van der Waals surface area (Å²) >= 11 is 0. The van der Waals surface area contributed by atoms with E-state index in [-0.39, 0.29) is 0 Å². The number of rotatable bonds is 8. The molecule has 0 N–H and O–H groups in total. The van der Waals surface area contributed by atoms with Crippen LogP contribution in [0.25, 0.3) is 0 Å². The van der Waals surface area contributed by atoms with Gasteiger partial charge in [0, 0.05) is 12.2 Å². The van der Waals surface area contributed by atoms with Crippen molar-refractivity contribution in [1.29, 1.82) is 0 Å². The number of allylic oxidation sites excluding steroid dienone is 2. The lowest BCUT2D eigenvalue weighted by Crippen LogP contribution is -2.20. The third-order valence-corrected chi connectivity index (χ3v) is 2.46. The van der Waals surface area contributed by atoms with Crippen LogP contribution in [0, 0.1) is 0 Å². The Morgan fingerprint density at radius 2 is 1.88 bits per heavy atom. The third kappa shape index (κ3) is 5.16. The summed E-state index contributed by atoms with van der Waals surface area (Å²) in [4.78, 5) is 12.6. The van der Waals surface area contributed by atoms with Crippen molar-refractivity contribution < 1.29 is 4.79 Å². The quantitative estimate of drug-likeness (QED) is 0.379. The normalized spacial score (nSPS) is 10.4. The molecule has 0 fully saturated rings. The molecule has 1 aromatic carbocycles. The Morgan fingerprint density at radius 1 is 1.12 bits per heavy atom. The SMILES string of the molecule is C=CCCCC=CCN(C=O)c1ccccc1. The summed E-state index contributed by atoms with van der Waals surface area (Å²) in [6, 6.07) is 9.66. The second kappa shape index (κ2) is 8.34. The lowest BCUT2D eigenvalue weighted by molar-refractivity contribution is -0.107. The minimum Gasteiger partial charge on any atom is -0.311 e. The predicted octanol–water partition coefficient (Wildman–Crippen LogP) is 3.56. The molecule has 0 aromatic heterocycles. The second-order valence-corrected chi connectivity index (χ2v) is 3.78. The first-order valence-electron chi connectivity index (χ1n) is 5.91. The molecule has 0 aliphatic heterocycles. The van der Waals surface area contributed by atoms with Crippen molar-refractivity contribution in [2.24, 2.45) is 0 Å². The average molecular weight is 229 g/mol. The average Bonchev–Trinajstić information content (AvgIpc) is 2.39. The number of amides is 1. The summed E-state index contributed by atoms with van der Waals surface area (Å²) in [5.74, 6) is 0. The highest BCUT2D eigenvalue weighted by Crippen LogP contribution is 2.10. The number of unbranched alkanes of at least 4 members (excludes halogenated alkanes) is 2. The topological polar surface area (TPSA) is 20.3 Å². The number of carbonyl (C=O) groups excluding carboxylic acids is 1. The van der Waals surface area contributed by atoms with Crippen LogP contribution in [0.2, 0.25) is 0 Å². The van der Waals surface area contributed by atoms with Crippen LogP contribution in [-0.2, 0) is 4.79 Å². The van der Waals surface area contributed by atoms with E-state index in [2.05, 4.69) is 12.7 Å². The Labute approximate surface area is 103 Å². The number of anilines is 1. The Balaban J connectivity index is 2.38. The van der Waals surface area contributed by atoms with Gasteiger partial charge in [0.05, 0.1) is 0 Å². The Bertz CT molecular complexity index is 356. The van der Waals surface area contributed by atoms with E-state index in [1.54, 1.807) is 4.90 Å². The summed E-state index contributed by atoms with van der Waals surface area (Å²) in [6.45, 7) is 4.31. The summed E-state index contributed by atoms with van der Waals surface area (Å²) in [5.41, 5.74) is 0.929. The molecule has 0 atom stereocenters. The van der Waals surface area contributed by atoms with Crippen LogP contribution in [0.1, 0.15) is 19.3 Å². The second-order valence-electron chi connectivity index (χ2n) is 3.78. The molecule has 17 heavy (non-hydrogen) atoms. The molecule has 0 unspecified atom stereocenters. The molecular weight excluding hydrogens is 210 g/mol. The van der Waals surface area contributed by atoms with Crippen LogP contribution in [0.4, 0.5) is 5.69 Å². The Kier molecular flexibility index (Phi) is 6.49. The molecule has 0 heterocycles. The van der Waals surface area contributed by atoms with Crippen molar-refractivity contribution in [3.63, 3.8) is 0 Å². The summed E-state index contributed by atoms with van der Waals surface area (Å²) in [7, 11) is 0. The van der Waals surface area contributed by atoms with Gasteiger partial charge in [-0.2, -0.15) is 0 Å². The van der Waals surface area contributed by atoms with Crippen LogP contribution < -0.4 is 4.90 Å². The van der Waals surface area contributed by atoms with Gasteiger partial charge in [0.2, 0.25) is 6.41 Å². The Hall–Kier alpha value is -1.83. The fourth-order valence-corrected chi connectivity index (χ4v) is 1.51. The minimum atomic E-state index is 0.627. The molecule has 90 valence electrons. The summed E-state index contributed by atoms with van der Waals surface area (Å²) in [5, 5.41) is 0. The lowest BCUT2D eigenvalue weighted by Gasteiger charge is -2.14. The maximum Gasteiger partial charge on any atom is 0.214 e. The van der Waals surface area contributed by atoms with Gasteiger partial charge in [-0.25, -0.2) is 0 Å². The third-order valence-electron chi connectivity index (χ3n) is 2.46. The largest absolute Gasteiger partial charge is 0.311 e. The fourth-order valence-electron chi connectivity index (χ4n) is 1.51. The molecule has 0 aliphatic carbocycles. The number of nitrogens with zero attached hydrogens (tertiary/aromatic N) is 1. The van der Waals surface area contributed by atoms with E-state index in [0.29, 0.717) is 6.54 Å². The Morgan fingerprint density at radius 3 is 2.53 bits per heavy atom. The fraction of sp³-hybridized carbons (Fsp3) is 0.267. The van der Waals surface area contributed by atoms with E-state index in [1.807, 2.05) is 42.5 Å². The van der Waals surface area contributed by atoms with E-state index in [4.69, 9.17) is 0 Å². The van der Waals surface area contributed by atoms with Crippen molar-refractivity contribution in [3.8, 4) is 0 Å². The first kappa shape index (κ1) is 13.2. The van der Waals surface area contributed by atoms with Crippen molar-refractivity contribution in [2.75, 3.05) is 11.4 Å². The predicted molar refractivity (Wildman–Crippen MR) is 73.0 cm³/mol. The molecule has 1 aromatic rings. The highest BCUT2D eigenvalue weighted by atomic mass is 16.1. The molecule has 0 saturated heterocycles. The highest BCUT2D eigenvalue weighted by molar-refractivity contribution is 5.75. The van der Waals surface area contributed by atoms with Crippen LogP contribution in [0.5, 0.6) is 0 Å². The molecule has 0 aliphatic rings. The van der Waals surface area contributed by atoms with E-state index in [0.717, 1.165) is 31.4 Å². The molecule has 0 radical (unpaired) electrons. The van der Waals surface area contributed by atoms with Crippen LogP contribution >= 0.6 is 0 Å². The molecule has 2 heteroatoms. The number of hydrogen-bond donors (Lipinski definition) is 0. The lowest BCUT2D eigenvalue weighted by atomic mass is 10.2. The first-order chi connectivity index (χ1) is 8.38. The van der Waals surface area contributed by atoms with Crippen LogP contribution in [-0.4, -0.2) is 13.0 Å². The minimum absolute atomic E-state index is 0.627. The van der Waals surface area contributed by atoms with Gasteiger partial charge in [0.15, 0.2) is 0 Å². The van der Waals surface area contributed by atoms with Crippen molar-refractivity contribution in [1.82, 2.24) is 0 Å². The van der Waals surface area contributed by atoms with E-state index in [1.165, 1.54) is 0 Å². The molecule has 0 bridgehead atoms. The molecule has 1 amide bonds. The smallest absolute Gasteiger partial charge is 0.214 e. The summed E-state index contributed by atoms with van der Waals surface area (Å²) < 4.78 is 0. The zero-order valence-corrected chi connectivity index (χ0v) is 10.1. The highest BCUT2D eigenvalue weighted by Gasteiger charge is 2.00. The molecule has 0 saturated carbocycles. The summed E-state index contributed by atoms with van der Waals surface area (Å²) in [6.07, 6.45) is 10.1. The van der Waals surface area contributed by atoms with Gasteiger partial charge < -0.3 is 4.90 Å². The molecule has 0 spiro atoms. The van der Waals surface area contributed by atoms with E-state index < -0.39 is 0 Å². The van der Waals surface area contributed by atoms with Gasteiger partial charge in [0.25, 0.3) is 0 Å². The number of para-hydroxylation sites is 1. The monoisotopic (exact) mass is 229 g/mol.